The fourth-order valence-corrected chi connectivity index (χ4v) is 6.20. The molecule has 39 heavy (non-hydrogen) atoms. The number of oxime groups is 1. The molecule has 2 fully saturated rings. The van der Waals surface area contributed by atoms with Crippen LogP contribution in [0.4, 0.5) is 18.3 Å². The van der Waals surface area contributed by atoms with Crippen molar-refractivity contribution < 1.29 is 51.9 Å². The molecule has 2 saturated heterocycles. The number of carbonyl (C=O) groups is 4. The Balaban J connectivity index is 0.000000532. The first kappa shape index (κ1) is 30.2. The number of hydrogen-bond acceptors (Lipinski definition) is 11. The zero-order valence-corrected chi connectivity index (χ0v) is 22.3. The van der Waals surface area contributed by atoms with Crippen molar-refractivity contribution in [2.75, 3.05) is 39.5 Å². The lowest BCUT2D eigenvalue weighted by Crippen LogP contribution is -2.74. The number of fused-ring (bicyclic) bond motifs is 1. The van der Waals surface area contributed by atoms with Crippen molar-refractivity contribution in [3.05, 3.63) is 22.1 Å². The summed E-state index contributed by atoms with van der Waals surface area (Å²) in [4.78, 5) is 56.8. The number of nitrogen functional groups attached to an aromatic ring is 1. The minimum Gasteiger partial charge on any atom is -0.542 e. The first-order chi connectivity index (χ1) is 18.2. The molecule has 4 N–H and O–H groups in total. The summed E-state index contributed by atoms with van der Waals surface area (Å²) in [5, 5.41) is 28.2. The molecule has 18 heteroatoms. The van der Waals surface area contributed by atoms with Crippen LogP contribution in [0, 0.1) is 0 Å². The van der Waals surface area contributed by atoms with Crippen LogP contribution in [0.15, 0.2) is 21.5 Å². The molecule has 214 valence electrons. The number of alkyl halides is 3. The fraction of sp³-hybridized carbons (Fsp3) is 0.524. The van der Waals surface area contributed by atoms with E-state index < -0.39 is 47.4 Å². The van der Waals surface area contributed by atoms with Crippen LogP contribution in [0.2, 0.25) is 0 Å². The summed E-state index contributed by atoms with van der Waals surface area (Å²) in [5.41, 5.74) is 6.49. The topological polar surface area (TPSA) is 187 Å². The van der Waals surface area contributed by atoms with Gasteiger partial charge in [-0.3, -0.25) is 9.59 Å². The number of quaternary nitrogens is 1. The molecule has 0 bridgehead atoms. The Kier molecular flexibility index (Phi) is 9.12. The number of thioether (sulfide) groups is 1. The summed E-state index contributed by atoms with van der Waals surface area (Å²) in [6.07, 6.45) is -2.96. The molecule has 1 aromatic heterocycles. The predicted octanol–water partition coefficient (Wildman–Crippen LogP) is -0.648. The van der Waals surface area contributed by atoms with Crippen molar-refractivity contribution in [2.24, 2.45) is 5.16 Å². The summed E-state index contributed by atoms with van der Waals surface area (Å²) in [6.45, 7) is 2.58. The number of carboxylic acids is 2. The fourth-order valence-electron chi connectivity index (χ4n) is 4.44. The number of anilines is 1. The molecule has 0 radical (unpaired) electrons. The third-order valence-electron chi connectivity index (χ3n) is 6.19. The number of amides is 2. The van der Waals surface area contributed by atoms with E-state index in [0.29, 0.717) is 6.54 Å². The molecule has 0 aliphatic carbocycles. The van der Waals surface area contributed by atoms with Gasteiger partial charge >= 0.3 is 12.1 Å². The van der Waals surface area contributed by atoms with Crippen molar-refractivity contribution in [3.63, 3.8) is 0 Å². The number of halogens is 3. The van der Waals surface area contributed by atoms with Crippen molar-refractivity contribution in [3.8, 4) is 0 Å². The van der Waals surface area contributed by atoms with E-state index in [1.54, 1.807) is 5.38 Å². The molecule has 13 nitrogen and oxygen atoms in total. The van der Waals surface area contributed by atoms with Crippen LogP contribution in [0.3, 0.4) is 0 Å². The van der Waals surface area contributed by atoms with Crippen LogP contribution in [-0.2, 0) is 24.0 Å². The van der Waals surface area contributed by atoms with Crippen molar-refractivity contribution in [2.45, 2.75) is 36.5 Å². The Morgan fingerprint density at radius 1 is 1.36 bits per heavy atom. The normalized spacial score (nSPS) is 24.0. The van der Waals surface area contributed by atoms with Gasteiger partial charge in [-0.15, -0.1) is 23.1 Å². The van der Waals surface area contributed by atoms with E-state index in [9.17, 15) is 32.7 Å². The Labute approximate surface area is 228 Å². The van der Waals surface area contributed by atoms with Gasteiger partial charge in [-0.25, -0.2) is 9.78 Å². The monoisotopic (exact) mass is 594 g/mol. The number of carboxylic acid groups (broad SMARTS) is 2. The van der Waals surface area contributed by atoms with Crippen LogP contribution in [0.25, 0.3) is 0 Å². The Bertz CT molecular complexity index is 1200. The average Bonchev–Trinajstić information content (AvgIpc) is 3.48. The Morgan fingerprint density at radius 3 is 2.46 bits per heavy atom. The van der Waals surface area contributed by atoms with Crippen molar-refractivity contribution in [1.82, 2.24) is 15.2 Å². The zero-order valence-electron chi connectivity index (χ0n) is 20.6. The minimum atomic E-state index is -5.19. The van der Waals surface area contributed by atoms with Gasteiger partial charge in [-0.05, 0) is 5.41 Å². The smallest absolute Gasteiger partial charge is 0.430 e. The van der Waals surface area contributed by atoms with E-state index in [4.69, 9.17) is 20.5 Å². The lowest BCUT2D eigenvalue weighted by atomic mass is 9.97. The molecule has 3 aliphatic rings. The first-order valence-corrected chi connectivity index (χ1v) is 13.2. The van der Waals surface area contributed by atoms with Crippen LogP contribution in [0.1, 0.15) is 18.5 Å². The highest BCUT2D eigenvalue weighted by Crippen LogP contribution is 2.41. The van der Waals surface area contributed by atoms with E-state index in [2.05, 4.69) is 22.5 Å². The molecule has 0 spiro atoms. The van der Waals surface area contributed by atoms with Gasteiger partial charge in [0.15, 0.2) is 16.9 Å². The third kappa shape index (κ3) is 6.80. The number of nitrogens with one attached hydrogen (secondary N) is 1. The van der Waals surface area contributed by atoms with Gasteiger partial charge in [-0.1, -0.05) is 5.16 Å². The lowest BCUT2D eigenvalue weighted by Gasteiger charge is -2.51. The largest absolute Gasteiger partial charge is 0.542 e. The third-order valence-corrected chi connectivity index (χ3v) is 8.08. The minimum absolute atomic E-state index is 0.106. The van der Waals surface area contributed by atoms with Gasteiger partial charge < -0.3 is 40.3 Å². The summed E-state index contributed by atoms with van der Waals surface area (Å²) < 4.78 is 32.3. The molecule has 3 atom stereocenters. The van der Waals surface area contributed by atoms with Crippen LogP contribution >= 0.6 is 23.1 Å². The van der Waals surface area contributed by atoms with Gasteiger partial charge in [0.05, 0.1) is 20.1 Å². The highest BCUT2D eigenvalue weighted by Gasteiger charge is 2.57. The summed E-state index contributed by atoms with van der Waals surface area (Å²) >= 11 is 2.50. The number of aromatic nitrogens is 1. The molecule has 4 rings (SSSR count). The molecular weight excluding hydrogens is 569 g/mol. The number of likely N-dealkylation sites (tertiary alicyclic amines) is 1. The van der Waals surface area contributed by atoms with E-state index in [1.165, 1.54) is 23.8 Å². The molecular formula is C21H25F3N6O7S2. The number of β-lactam (4-membered cyclic amide) rings is 1. The molecule has 1 unspecified atom stereocenters. The molecule has 3 aliphatic heterocycles. The standard InChI is InChI=1S/C19H24N6O5S2.C2HF3O2/c1-25(5-3-4-6-25)7-10-8-31-17-13(16(27)24(17)14(10)18(28)29)22-15(26)12(23-30-2)11-9-32-19(20)21-11;3-2(4,5)1(6)7/h8-9,13-14,17H,3-7H2,1-2H3,(H3-,20,21,22,26,28,29);(H,6,7)/b23-12-;/t13-,14?,17-;/m1./s1. The summed E-state index contributed by atoms with van der Waals surface area (Å²) in [5.74, 6) is -5.16. The molecule has 1 aromatic rings. The van der Waals surface area contributed by atoms with Gasteiger partial charge in [0, 0.05) is 23.8 Å². The average molecular weight is 595 g/mol. The highest BCUT2D eigenvalue weighted by atomic mass is 32.2. The molecule has 0 aromatic carbocycles. The van der Waals surface area contributed by atoms with E-state index in [1.807, 2.05) is 5.41 Å². The van der Waals surface area contributed by atoms with Gasteiger partial charge in [0.1, 0.15) is 36.7 Å². The second-order valence-corrected chi connectivity index (χ2v) is 10.9. The molecule has 0 saturated carbocycles. The van der Waals surface area contributed by atoms with Crippen LogP contribution < -0.4 is 16.2 Å². The number of hydrogen-bond donors (Lipinski definition) is 3. The van der Waals surface area contributed by atoms with Gasteiger partial charge in [0.25, 0.3) is 5.91 Å². The Hall–Kier alpha value is -3.38. The molecule has 4 heterocycles. The van der Waals surface area contributed by atoms with Crippen LogP contribution in [0.5, 0.6) is 0 Å². The second kappa shape index (κ2) is 11.8. The molecule has 2 amide bonds. The number of carbonyl (C=O) groups excluding carboxylic acids is 3. The van der Waals surface area contributed by atoms with Gasteiger partial charge in [-0.2, -0.15) is 13.2 Å². The van der Waals surface area contributed by atoms with Crippen molar-refractivity contribution in [1.29, 1.82) is 0 Å². The number of likely N-dealkylation sites (N-methyl/N-ethyl adjacent to an activating group) is 1. The van der Waals surface area contributed by atoms with E-state index in [-0.39, 0.29) is 16.5 Å². The summed E-state index contributed by atoms with van der Waals surface area (Å²) in [6, 6.07) is -1.90. The maximum atomic E-state index is 12.9. The van der Waals surface area contributed by atoms with E-state index >= 15 is 0 Å². The predicted molar refractivity (Wildman–Crippen MR) is 131 cm³/mol. The van der Waals surface area contributed by atoms with E-state index in [0.717, 1.165) is 47.3 Å². The Morgan fingerprint density at radius 2 is 1.97 bits per heavy atom. The number of nitrogens with zero attached hydrogens (tertiary/aromatic N) is 4. The summed E-state index contributed by atoms with van der Waals surface area (Å²) in [7, 11) is 3.41. The van der Waals surface area contributed by atoms with Crippen molar-refractivity contribution >= 4 is 57.7 Å². The maximum Gasteiger partial charge on any atom is 0.430 e. The number of aliphatic carboxylic acids is 2. The lowest BCUT2D eigenvalue weighted by molar-refractivity contribution is -0.893. The van der Waals surface area contributed by atoms with Gasteiger partial charge in [0.2, 0.25) is 5.91 Å². The zero-order chi connectivity index (χ0) is 29.1. The van der Waals surface area contributed by atoms with Crippen LogP contribution in [-0.4, -0.2) is 106 Å². The maximum absolute atomic E-state index is 12.9. The highest BCUT2D eigenvalue weighted by molar-refractivity contribution is 8.03. The second-order valence-electron chi connectivity index (χ2n) is 9.07. The quantitative estimate of drug-likeness (QED) is 0.158. The SMILES string of the molecule is CO/N=C(\C(=O)N[C@@H]1C(=O)N2C(C(=O)O)C(C[N+]3(C)CCCC3)=CS[C@H]12)c1csc(N)n1.O=C([O-])C(F)(F)F. The number of nitrogens with two attached hydrogens (primary N) is 1. The number of thiazole rings is 1. The number of rotatable bonds is 7. The first-order valence-electron chi connectivity index (χ1n) is 11.3.